The molecule has 2 bridgehead atoms. The molecule has 416 valence electrons. The highest BCUT2D eigenvalue weighted by Gasteiger charge is 2.45. The van der Waals surface area contributed by atoms with Crippen LogP contribution in [0, 0.1) is 23.7 Å². The van der Waals surface area contributed by atoms with Gasteiger partial charge in [0.15, 0.2) is 11.6 Å². The second-order valence-corrected chi connectivity index (χ2v) is 24.7. The quantitative estimate of drug-likeness (QED) is 0.0697. The number of hydrogen-bond acceptors (Lipinski definition) is 17. The predicted molar refractivity (Wildman–Crippen MR) is 281 cm³/mol. The summed E-state index contributed by atoms with van der Waals surface area (Å²) < 4.78 is 21.1. The van der Waals surface area contributed by atoms with Crippen molar-refractivity contribution in [1.29, 1.82) is 0 Å². The minimum absolute atomic E-state index is 0.00197. The highest BCUT2D eigenvalue weighted by Crippen LogP contribution is 2.38. The van der Waals surface area contributed by atoms with Crippen molar-refractivity contribution in [3.05, 3.63) is 23.8 Å². The molecule has 11 atom stereocenters. The van der Waals surface area contributed by atoms with Gasteiger partial charge in [-0.1, -0.05) is 48.8 Å². The van der Waals surface area contributed by atoms with Crippen LogP contribution < -0.4 is 42.8 Å². The summed E-state index contributed by atoms with van der Waals surface area (Å²) in [5.74, 6) is -12.3. The van der Waals surface area contributed by atoms with Gasteiger partial charge in [-0.25, -0.2) is 0 Å². The smallest absolute Gasteiger partial charge is 0.243 e. The molecule has 26 heteroatoms. The maximum Gasteiger partial charge on any atom is 0.243 e. The van der Waals surface area contributed by atoms with Gasteiger partial charge in [-0.2, -0.15) is 0 Å². The third kappa shape index (κ3) is 16.7. The number of ether oxygens (including phenoxy) is 1. The van der Waals surface area contributed by atoms with E-state index in [0.29, 0.717) is 42.6 Å². The lowest BCUT2D eigenvalue weighted by molar-refractivity contribution is -0.145. The minimum Gasteiger partial charge on any atom is -0.493 e. The van der Waals surface area contributed by atoms with Gasteiger partial charge in [0.25, 0.3) is 0 Å². The number of nitrogens with one attached hydrogen (secondary N) is 6. The molecular formula is C49H73N9O14S3. The number of rotatable bonds is 16. The number of aromatic amines is 1. The van der Waals surface area contributed by atoms with Gasteiger partial charge in [0.1, 0.15) is 22.9 Å². The zero-order valence-electron chi connectivity index (χ0n) is 43.0. The molecule has 5 rings (SSSR count). The summed E-state index contributed by atoms with van der Waals surface area (Å²) in [4.78, 5) is 130. The first-order valence-corrected chi connectivity index (χ1v) is 28.8. The lowest BCUT2D eigenvalue weighted by Gasteiger charge is -2.32. The molecule has 0 radical (unpaired) electrons. The van der Waals surface area contributed by atoms with E-state index in [0.717, 1.165) is 17.1 Å². The van der Waals surface area contributed by atoms with E-state index in [1.807, 2.05) is 0 Å². The lowest BCUT2D eigenvalue weighted by Crippen LogP contribution is -2.56. The second-order valence-electron chi connectivity index (χ2n) is 20.1. The minimum atomic E-state index is -2.30. The molecule has 13 N–H and O–H groups in total. The van der Waals surface area contributed by atoms with E-state index in [2.05, 4.69) is 45.4 Å². The van der Waals surface area contributed by atoms with Gasteiger partial charge in [-0.3, -0.25) is 47.4 Å². The molecule has 75 heavy (non-hydrogen) atoms. The molecule has 0 spiro atoms. The average molecular weight is 1110 g/mol. The van der Waals surface area contributed by atoms with Gasteiger partial charge in [0.2, 0.25) is 41.4 Å². The van der Waals surface area contributed by atoms with Gasteiger partial charge in [-0.15, -0.1) is 0 Å². The van der Waals surface area contributed by atoms with Crippen molar-refractivity contribution >= 4 is 96.2 Å². The summed E-state index contributed by atoms with van der Waals surface area (Å²) in [5.41, 5.74) is 12.0. The molecule has 2 aromatic rings. The number of primary amides is 1. The normalized spacial score (nSPS) is 26.5. The van der Waals surface area contributed by atoms with Crippen LogP contribution >= 0.6 is 21.6 Å². The third-order valence-corrected chi connectivity index (χ3v) is 18.7. The molecule has 1 fully saturated rings. The van der Waals surface area contributed by atoms with Crippen LogP contribution in [0.15, 0.2) is 23.2 Å². The van der Waals surface area contributed by atoms with E-state index in [-0.39, 0.29) is 28.2 Å². The van der Waals surface area contributed by atoms with E-state index >= 15 is 4.21 Å². The van der Waals surface area contributed by atoms with Crippen LogP contribution in [0.4, 0.5) is 0 Å². The van der Waals surface area contributed by atoms with Crippen molar-refractivity contribution in [2.45, 2.75) is 132 Å². The molecule has 0 saturated carbocycles. The predicted octanol–water partition coefficient (Wildman–Crippen LogP) is -1.17. The Hall–Kier alpha value is -5.12. The molecule has 3 aliphatic heterocycles. The number of nitrogens with two attached hydrogens (primary N) is 2. The van der Waals surface area contributed by atoms with Crippen molar-refractivity contribution in [3.8, 4) is 5.75 Å². The van der Waals surface area contributed by atoms with Gasteiger partial charge in [0, 0.05) is 66.0 Å². The van der Waals surface area contributed by atoms with Gasteiger partial charge < -0.3 is 68.0 Å². The van der Waals surface area contributed by atoms with Crippen LogP contribution in [-0.2, 0) is 60.4 Å². The third-order valence-electron chi connectivity index (χ3n) is 13.8. The Kier molecular flexibility index (Phi) is 22.5. The van der Waals surface area contributed by atoms with Crippen molar-refractivity contribution in [1.82, 2.24) is 36.5 Å². The standard InChI is InChI=1S/C49H73N9O14S3/c1-6-25(2)42-46(69)53-20-40(65)54-34-24-75(71)47-32(31-9-8-30(19-33(31)55-47)72-12-7-13-73-74-49(4,5)10-11-50)14-27(44(67)52-21-41(66)56-42)15-37(62)43(26(3)38(63)23-59)57-45(68)35-18-29(60)22-58(35)48(70)28(16-36(34)61)17-39(51)64/h8-9,19,25-29,34-35,38,42-43,55,59-60,63H,6-7,10-18,20-24,50H2,1-5H3,(H2,51,64)(H,52,67)(H,53,69)(H,54,65)(H,56,66)(H,57,68)/t25-,26-,27-,28-,29+,34-,35-,38-,42-,43-,75?/m0/s1. The molecular weight excluding hydrogens is 1030 g/mol. The Labute approximate surface area is 445 Å². The van der Waals surface area contributed by atoms with Crippen LogP contribution in [-0.4, -0.2) is 174 Å². The summed E-state index contributed by atoms with van der Waals surface area (Å²) in [6, 6.07) is -1.07. The maximum absolute atomic E-state index is 15.0. The number of carbonyl (C=O) groups excluding carboxylic acids is 9. The summed E-state index contributed by atoms with van der Waals surface area (Å²) in [6.07, 6.45) is -3.93. The summed E-state index contributed by atoms with van der Waals surface area (Å²) in [7, 11) is 1.14. The monoisotopic (exact) mass is 1110 g/mol. The fourth-order valence-corrected chi connectivity index (χ4v) is 13.3. The summed E-state index contributed by atoms with van der Waals surface area (Å²) >= 11 is 0. The number of carbonyl (C=O) groups is 9. The van der Waals surface area contributed by atoms with Crippen molar-refractivity contribution in [3.63, 3.8) is 0 Å². The summed E-state index contributed by atoms with van der Waals surface area (Å²) in [5, 5.41) is 44.9. The number of aromatic nitrogens is 1. The molecule has 1 saturated heterocycles. The van der Waals surface area contributed by atoms with Crippen molar-refractivity contribution in [2.75, 3.05) is 50.9 Å². The molecule has 7 amide bonds. The molecule has 23 nitrogen and oxygen atoms in total. The number of aliphatic hydroxyl groups excluding tert-OH is 3. The second kappa shape index (κ2) is 27.8. The van der Waals surface area contributed by atoms with Crippen LogP contribution in [0.3, 0.4) is 0 Å². The number of Topliss-reactive ketones (excluding diaryl/α,β-unsaturated/α-hetero) is 2. The number of benzene rings is 1. The van der Waals surface area contributed by atoms with Gasteiger partial charge in [0.05, 0.1) is 78.6 Å². The Morgan fingerprint density at radius 2 is 1.64 bits per heavy atom. The lowest BCUT2D eigenvalue weighted by atomic mass is 9.85. The first-order valence-electron chi connectivity index (χ1n) is 25.2. The molecule has 1 unspecified atom stereocenters. The number of aliphatic hydroxyl groups is 3. The number of amides is 7. The first-order chi connectivity index (χ1) is 35.5. The Morgan fingerprint density at radius 1 is 0.947 bits per heavy atom. The first kappa shape index (κ1) is 60.7. The highest BCUT2D eigenvalue weighted by molar-refractivity contribution is 8.77. The summed E-state index contributed by atoms with van der Waals surface area (Å²) in [6.45, 7) is 7.25. The van der Waals surface area contributed by atoms with E-state index in [4.69, 9.17) is 16.2 Å². The average Bonchev–Trinajstić information content (AvgIpc) is 3.94. The Morgan fingerprint density at radius 3 is 2.31 bits per heavy atom. The number of fused-ring (bicyclic) bond motifs is 5. The topological polar surface area (TPSA) is 372 Å². The highest BCUT2D eigenvalue weighted by atomic mass is 33.1. The van der Waals surface area contributed by atoms with E-state index < -0.39 is 175 Å². The van der Waals surface area contributed by atoms with E-state index in [1.54, 1.807) is 53.6 Å². The Balaban J connectivity index is 1.68. The van der Waals surface area contributed by atoms with Gasteiger partial charge in [-0.05, 0) is 63.3 Å². The molecule has 1 aromatic carbocycles. The Bertz CT molecular complexity index is 2460. The SMILES string of the molecule is CC[C@H](C)[C@@H]1NC(=O)CNC(=O)[C@@H]2CC(=O)[C@H]([C@@H](C)[C@@H](O)CO)NC(=O)[C@@H]3C[C@@H](O)CN3C(=O)[C@H](CC(N)=O)CC(=O)[C@H](CS(=O)c3[nH]c4cc(OCCCSSC(C)(C)CCN)ccc4c3C2)NC(=O)CNC1=O. The largest absolute Gasteiger partial charge is 0.493 e. The van der Waals surface area contributed by atoms with Crippen LogP contribution in [0.2, 0.25) is 0 Å². The van der Waals surface area contributed by atoms with Crippen LogP contribution in [0.1, 0.15) is 85.1 Å². The fourth-order valence-electron chi connectivity index (χ4n) is 9.24. The van der Waals surface area contributed by atoms with Crippen molar-refractivity contribution in [2.24, 2.45) is 35.1 Å². The number of H-pyrrole nitrogens is 1. The zero-order chi connectivity index (χ0) is 55.3. The number of ketones is 2. The van der Waals surface area contributed by atoms with Gasteiger partial charge >= 0.3 is 0 Å². The van der Waals surface area contributed by atoms with E-state index in [1.165, 1.54) is 6.92 Å². The fraction of sp³-hybridized carbons (Fsp3) is 0.653. The van der Waals surface area contributed by atoms with Crippen LogP contribution in [0.5, 0.6) is 5.75 Å². The van der Waals surface area contributed by atoms with E-state index in [9.17, 15) is 58.5 Å². The number of nitrogens with zero attached hydrogens (tertiary/aromatic N) is 1. The van der Waals surface area contributed by atoms with Crippen molar-refractivity contribution < 1.29 is 67.4 Å². The molecule has 0 aliphatic carbocycles. The van der Waals surface area contributed by atoms with Crippen LogP contribution in [0.25, 0.3) is 10.9 Å². The zero-order valence-corrected chi connectivity index (χ0v) is 45.4. The molecule has 4 heterocycles. The maximum atomic E-state index is 15.0. The number of hydrogen-bond donors (Lipinski definition) is 11. The molecule has 3 aliphatic rings. The molecule has 1 aromatic heterocycles.